The van der Waals surface area contributed by atoms with Crippen LogP contribution < -0.4 is 11.5 Å². The molecule has 2 nitrogen and oxygen atoms in total. The van der Waals surface area contributed by atoms with Gasteiger partial charge in [0.1, 0.15) is 0 Å². The molecule has 1 fully saturated rings. The van der Waals surface area contributed by atoms with Gasteiger partial charge >= 0.3 is 0 Å². The van der Waals surface area contributed by atoms with Crippen LogP contribution in [0.15, 0.2) is 24.3 Å². The number of benzene rings is 1. The van der Waals surface area contributed by atoms with E-state index >= 15 is 0 Å². The summed E-state index contributed by atoms with van der Waals surface area (Å²) in [7, 11) is 0. The highest BCUT2D eigenvalue weighted by Crippen LogP contribution is 2.42. The molecule has 0 bridgehead atoms. The highest BCUT2D eigenvalue weighted by molar-refractivity contribution is 6.30. The van der Waals surface area contributed by atoms with Crippen molar-refractivity contribution in [3.63, 3.8) is 0 Å². The van der Waals surface area contributed by atoms with Crippen molar-refractivity contribution in [3.8, 4) is 0 Å². The van der Waals surface area contributed by atoms with E-state index < -0.39 is 0 Å². The maximum absolute atomic E-state index is 6.02. The highest BCUT2D eigenvalue weighted by atomic mass is 35.5. The fraction of sp³-hybridized carbons (Fsp3) is 0.400. The number of hydrogen-bond acceptors (Lipinski definition) is 2. The van der Waals surface area contributed by atoms with Crippen LogP contribution >= 0.6 is 11.6 Å². The standard InChI is InChI=1S/C10H13ClN2/c11-8-3-1-7(2-4-8)9(12)10(13)5-6-10/h1-4,9H,5-6,12-13H2. The molecule has 1 unspecified atom stereocenters. The topological polar surface area (TPSA) is 52.0 Å². The molecule has 13 heavy (non-hydrogen) atoms. The Bertz CT molecular complexity index is 303. The molecule has 0 aromatic heterocycles. The van der Waals surface area contributed by atoms with Crippen molar-refractivity contribution >= 4 is 11.6 Å². The minimum Gasteiger partial charge on any atom is -0.323 e. The lowest BCUT2D eigenvalue weighted by Gasteiger charge is -2.18. The zero-order valence-electron chi connectivity index (χ0n) is 7.33. The third-order valence-corrected chi connectivity index (χ3v) is 2.93. The molecule has 1 aromatic rings. The van der Waals surface area contributed by atoms with Crippen molar-refractivity contribution in [2.24, 2.45) is 11.5 Å². The largest absolute Gasteiger partial charge is 0.323 e. The van der Waals surface area contributed by atoms with Gasteiger partial charge in [0.25, 0.3) is 0 Å². The van der Waals surface area contributed by atoms with E-state index in [0.717, 1.165) is 23.4 Å². The lowest BCUT2D eigenvalue weighted by Crippen LogP contribution is -2.36. The van der Waals surface area contributed by atoms with Crippen molar-refractivity contribution in [2.45, 2.75) is 24.4 Å². The quantitative estimate of drug-likeness (QED) is 0.759. The maximum Gasteiger partial charge on any atom is 0.0477 e. The number of hydrogen-bond donors (Lipinski definition) is 2. The first-order chi connectivity index (χ1) is 6.12. The molecule has 0 saturated heterocycles. The number of nitrogens with two attached hydrogens (primary N) is 2. The summed E-state index contributed by atoms with van der Waals surface area (Å²) in [6.07, 6.45) is 2.05. The fourth-order valence-corrected chi connectivity index (χ4v) is 1.58. The minimum absolute atomic E-state index is 0.0511. The van der Waals surface area contributed by atoms with Crippen LogP contribution in [0.3, 0.4) is 0 Å². The van der Waals surface area contributed by atoms with E-state index in [1.807, 2.05) is 24.3 Å². The smallest absolute Gasteiger partial charge is 0.0477 e. The molecule has 0 radical (unpaired) electrons. The van der Waals surface area contributed by atoms with Crippen LogP contribution in [0.2, 0.25) is 5.02 Å². The van der Waals surface area contributed by atoms with Crippen LogP contribution in [0.4, 0.5) is 0 Å². The Balaban J connectivity index is 2.20. The van der Waals surface area contributed by atoms with Gasteiger partial charge in [-0.3, -0.25) is 0 Å². The highest BCUT2D eigenvalue weighted by Gasteiger charge is 2.44. The second kappa shape index (κ2) is 2.98. The Kier molecular flexibility index (Phi) is 2.06. The third-order valence-electron chi connectivity index (χ3n) is 2.68. The summed E-state index contributed by atoms with van der Waals surface area (Å²) < 4.78 is 0. The zero-order chi connectivity index (χ0) is 9.47. The van der Waals surface area contributed by atoms with Crippen molar-refractivity contribution < 1.29 is 0 Å². The first-order valence-corrected chi connectivity index (χ1v) is 4.79. The molecule has 0 amide bonds. The summed E-state index contributed by atoms with van der Waals surface area (Å²) in [5, 5.41) is 0.734. The Morgan fingerprint density at radius 3 is 2.23 bits per heavy atom. The Morgan fingerprint density at radius 1 is 1.23 bits per heavy atom. The lowest BCUT2D eigenvalue weighted by molar-refractivity contribution is 0.536. The van der Waals surface area contributed by atoms with E-state index in [1.165, 1.54) is 0 Å². The van der Waals surface area contributed by atoms with E-state index in [4.69, 9.17) is 23.1 Å². The fourth-order valence-electron chi connectivity index (χ4n) is 1.46. The van der Waals surface area contributed by atoms with E-state index in [0.29, 0.717) is 0 Å². The van der Waals surface area contributed by atoms with Gasteiger partial charge < -0.3 is 11.5 Å². The van der Waals surface area contributed by atoms with Crippen LogP contribution in [0.25, 0.3) is 0 Å². The van der Waals surface area contributed by atoms with E-state index in [-0.39, 0.29) is 11.6 Å². The normalized spacial score (nSPS) is 21.2. The molecule has 70 valence electrons. The first-order valence-electron chi connectivity index (χ1n) is 4.42. The van der Waals surface area contributed by atoms with Gasteiger partial charge in [0.15, 0.2) is 0 Å². The van der Waals surface area contributed by atoms with Gasteiger partial charge in [0.2, 0.25) is 0 Å². The molecule has 3 heteroatoms. The van der Waals surface area contributed by atoms with E-state index in [1.54, 1.807) is 0 Å². The summed E-state index contributed by atoms with van der Waals surface area (Å²) in [5.41, 5.74) is 12.9. The van der Waals surface area contributed by atoms with Crippen molar-refractivity contribution in [3.05, 3.63) is 34.9 Å². The monoisotopic (exact) mass is 196 g/mol. The first kappa shape index (κ1) is 9.00. The predicted octanol–water partition coefficient (Wildman–Crippen LogP) is 1.83. The summed E-state index contributed by atoms with van der Waals surface area (Å²) in [4.78, 5) is 0. The molecule has 4 N–H and O–H groups in total. The molecule has 1 aromatic carbocycles. The predicted molar refractivity (Wildman–Crippen MR) is 54.5 cm³/mol. The maximum atomic E-state index is 6.02. The van der Waals surface area contributed by atoms with E-state index in [2.05, 4.69) is 0 Å². The average Bonchev–Trinajstić information content (AvgIpc) is 2.85. The van der Waals surface area contributed by atoms with Gasteiger partial charge in [-0.15, -0.1) is 0 Å². The Hall–Kier alpha value is -0.570. The van der Waals surface area contributed by atoms with Crippen LogP contribution in [-0.4, -0.2) is 5.54 Å². The lowest BCUT2D eigenvalue weighted by atomic mass is 9.99. The zero-order valence-corrected chi connectivity index (χ0v) is 8.09. The molecule has 0 spiro atoms. The molecule has 1 atom stereocenters. The minimum atomic E-state index is -0.159. The summed E-state index contributed by atoms with van der Waals surface area (Å²) >= 11 is 5.77. The Morgan fingerprint density at radius 2 is 1.77 bits per heavy atom. The Labute approximate surface area is 82.9 Å². The summed E-state index contributed by atoms with van der Waals surface area (Å²) in [6.45, 7) is 0. The molecule has 0 heterocycles. The van der Waals surface area contributed by atoms with Gasteiger partial charge in [-0.05, 0) is 30.5 Å². The second-order valence-electron chi connectivity index (χ2n) is 3.76. The van der Waals surface area contributed by atoms with Crippen LogP contribution in [0.5, 0.6) is 0 Å². The average molecular weight is 197 g/mol. The molecule has 1 aliphatic rings. The molecular weight excluding hydrogens is 184 g/mol. The van der Waals surface area contributed by atoms with Crippen LogP contribution in [0, 0.1) is 0 Å². The van der Waals surface area contributed by atoms with Crippen LogP contribution in [0.1, 0.15) is 24.4 Å². The number of halogens is 1. The number of rotatable bonds is 2. The van der Waals surface area contributed by atoms with Crippen LogP contribution in [-0.2, 0) is 0 Å². The second-order valence-corrected chi connectivity index (χ2v) is 4.20. The van der Waals surface area contributed by atoms with Crippen molar-refractivity contribution in [1.82, 2.24) is 0 Å². The molecule has 0 aliphatic heterocycles. The molecule has 1 aliphatic carbocycles. The summed E-state index contributed by atoms with van der Waals surface area (Å²) in [6, 6.07) is 7.54. The molecular formula is C10H13ClN2. The van der Waals surface area contributed by atoms with Gasteiger partial charge in [-0.1, -0.05) is 23.7 Å². The summed E-state index contributed by atoms with van der Waals surface area (Å²) in [5.74, 6) is 0. The van der Waals surface area contributed by atoms with E-state index in [9.17, 15) is 0 Å². The SMILES string of the molecule is NC(c1ccc(Cl)cc1)C1(N)CC1. The van der Waals surface area contributed by atoms with Gasteiger partial charge in [-0.2, -0.15) is 0 Å². The molecule has 1 saturated carbocycles. The van der Waals surface area contributed by atoms with Crippen molar-refractivity contribution in [2.75, 3.05) is 0 Å². The molecule has 2 rings (SSSR count). The van der Waals surface area contributed by atoms with Gasteiger partial charge in [0.05, 0.1) is 0 Å². The van der Waals surface area contributed by atoms with Gasteiger partial charge in [-0.25, -0.2) is 0 Å². The van der Waals surface area contributed by atoms with Gasteiger partial charge in [0, 0.05) is 16.6 Å². The van der Waals surface area contributed by atoms with Crippen molar-refractivity contribution in [1.29, 1.82) is 0 Å². The third kappa shape index (κ3) is 1.70.